The van der Waals surface area contributed by atoms with Gasteiger partial charge in [0.15, 0.2) is 5.69 Å². The second-order valence-electron chi connectivity index (χ2n) is 3.34. The molecule has 0 saturated carbocycles. The average molecular weight is 233 g/mol. The van der Waals surface area contributed by atoms with Gasteiger partial charge in [-0.3, -0.25) is 4.98 Å². The van der Waals surface area contributed by atoms with E-state index in [1.165, 1.54) is 0 Å². The summed E-state index contributed by atoms with van der Waals surface area (Å²) >= 11 is 0. The summed E-state index contributed by atoms with van der Waals surface area (Å²) < 4.78 is 4.94. The Morgan fingerprint density at radius 2 is 2.35 bits per heavy atom. The molecule has 0 unspecified atom stereocenters. The molecule has 17 heavy (non-hydrogen) atoms. The lowest BCUT2D eigenvalue weighted by Crippen LogP contribution is -2.06. The summed E-state index contributed by atoms with van der Waals surface area (Å²) in [6, 6.07) is 5.89. The standard InChI is InChI=1S/C11H11N3O3/c15-10(16)9-7-17-11(14-9)13-6-4-8-3-1-2-5-12-8/h1-3,5,7H,4,6H2,(H,13,14)(H,15,16). The van der Waals surface area contributed by atoms with Crippen LogP contribution in [0.2, 0.25) is 0 Å². The van der Waals surface area contributed by atoms with E-state index in [4.69, 9.17) is 9.52 Å². The number of aromatic carboxylic acids is 1. The maximum absolute atomic E-state index is 10.5. The van der Waals surface area contributed by atoms with Crippen molar-refractivity contribution in [1.29, 1.82) is 0 Å². The molecule has 0 aliphatic rings. The van der Waals surface area contributed by atoms with Gasteiger partial charge in [0, 0.05) is 24.9 Å². The van der Waals surface area contributed by atoms with Crippen LogP contribution in [-0.2, 0) is 6.42 Å². The van der Waals surface area contributed by atoms with Gasteiger partial charge in [-0.25, -0.2) is 4.79 Å². The molecule has 0 spiro atoms. The lowest BCUT2D eigenvalue weighted by molar-refractivity contribution is 0.0690. The molecule has 0 fully saturated rings. The number of nitrogens with one attached hydrogen (secondary N) is 1. The second-order valence-corrected chi connectivity index (χ2v) is 3.34. The number of carbonyl (C=O) groups is 1. The monoisotopic (exact) mass is 233 g/mol. The Balaban J connectivity index is 1.84. The van der Waals surface area contributed by atoms with Gasteiger partial charge in [-0.05, 0) is 12.1 Å². The van der Waals surface area contributed by atoms with Crippen molar-refractivity contribution in [3.63, 3.8) is 0 Å². The third-order valence-electron chi connectivity index (χ3n) is 2.11. The molecule has 2 N–H and O–H groups in total. The molecular weight excluding hydrogens is 222 g/mol. The van der Waals surface area contributed by atoms with Crippen molar-refractivity contribution in [2.75, 3.05) is 11.9 Å². The highest BCUT2D eigenvalue weighted by atomic mass is 16.4. The van der Waals surface area contributed by atoms with Crippen LogP contribution in [0.5, 0.6) is 0 Å². The number of hydrogen-bond acceptors (Lipinski definition) is 5. The van der Waals surface area contributed by atoms with Gasteiger partial charge < -0.3 is 14.8 Å². The number of carboxylic acids is 1. The van der Waals surface area contributed by atoms with Crippen molar-refractivity contribution < 1.29 is 14.3 Å². The van der Waals surface area contributed by atoms with E-state index < -0.39 is 5.97 Å². The minimum atomic E-state index is -1.11. The van der Waals surface area contributed by atoms with Gasteiger partial charge in [-0.15, -0.1) is 0 Å². The Morgan fingerprint density at radius 1 is 1.47 bits per heavy atom. The van der Waals surface area contributed by atoms with Crippen molar-refractivity contribution >= 4 is 12.0 Å². The Bertz CT molecular complexity index is 496. The highest BCUT2D eigenvalue weighted by molar-refractivity contribution is 5.85. The molecule has 0 aliphatic carbocycles. The molecule has 0 aliphatic heterocycles. The van der Waals surface area contributed by atoms with E-state index in [0.29, 0.717) is 13.0 Å². The summed E-state index contributed by atoms with van der Waals surface area (Å²) in [6.07, 6.45) is 3.54. The Kier molecular flexibility index (Phi) is 3.34. The molecule has 2 aromatic rings. The summed E-state index contributed by atoms with van der Waals surface area (Å²) in [4.78, 5) is 18.5. The van der Waals surface area contributed by atoms with E-state index in [0.717, 1.165) is 12.0 Å². The van der Waals surface area contributed by atoms with Gasteiger partial charge in [-0.1, -0.05) is 6.07 Å². The van der Waals surface area contributed by atoms with E-state index in [2.05, 4.69) is 15.3 Å². The third-order valence-corrected chi connectivity index (χ3v) is 2.11. The fourth-order valence-electron chi connectivity index (χ4n) is 1.30. The molecular formula is C11H11N3O3. The van der Waals surface area contributed by atoms with Gasteiger partial charge in [0.2, 0.25) is 0 Å². The first-order valence-electron chi connectivity index (χ1n) is 5.08. The molecule has 6 nitrogen and oxygen atoms in total. The number of aromatic nitrogens is 2. The Morgan fingerprint density at radius 3 is 3.00 bits per heavy atom. The molecule has 2 heterocycles. The zero-order valence-electron chi connectivity index (χ0n) is 8.96. The first-order valence-corrected chi connectivity index (χ1v) is 5.08. The normalized spacial score (nSPS) is 10.1. The van der Waals surface area contributed by atoms with Crippen LogP contribution in [0.3, 0.4) is 0 Å². The quantitative estimate of drug-likeness (QED) is 0.812. The van der Waals surface area contributed by atoms with E-state index in [-0.39, 0.29) is 11.7 Å². The SMILES string of the molecule is O=C(O)c1coc(NCCc2ccccn2)n1. The molecule has 2 aromatic heterocycles. The molecule has 0 radical (unpaired) electrons. The third kappa shape index (κ3) is 3.04. The maximum Gasteiger partial charge on any atom is 0.357 e. The van der Waals surface area contributed by atoms with Crippen molar-refractivity contribution in [2.24, 2.45) is 0 Å². The minimum Gasteiger partial charge on any atom is -0.476 e. The lowest BCUT2D eigenvalue weighted by Gasteiger charge is -2.00. The van der Waals surface area contributed by atoms with Crippen molar-refractivity contribution in [2.45, 2.75) is 6.42 Å². The van der Waals surface area contributed by atoms with E-state index in [9.17, 15) is 4.79 Å². The molecule has 0 atom stereocenters. The highest BCUT2D eigenvalue weighted by Gasteiger charge is 2.09. The Labute approximate surface area is 97.3 Å². The molecule has 0 bridgehead atoms. The summed E-state index contributed by atoms with van der Waals surface area (Å²) in [6.45, 7) is 0.580. The van der Waals surface area contributed by atoms with Crippen LogP contribution < -0.4 is 5.32 Å². The van der Waals surface area contributed by atoms with Crippen LogP contribution in [0.1, 0.15) is 16.2 Å². The van der Waals surface area contributed by atoms with E-state index in [1.54, 1.807) is 6.20 Å². The van der Waals surface area contributed by atoms with Crippen molar-refractivity contribution in [3.05, 3.63) is 42.0 Å². The van der Waals surface area contributed by atoms with Crippen molar-refractivity contribution in [1.82, 2.24) is 9.97 Å². The summed E-state index contributed by atoms with van der Waals surface area (Å²) in [7, 11) is 0. The number of carboxylic acid groups (broad SMARTS) is 1. The van der Waals surface area contributed by atoms with Crippen LogP contribution in [0.15, 0.2) is 35.1 Å². The predicted octanol–water partition coefficient (Wildman–Crippen LogP) is 1.42. The first-order chi connectivity index (χ1) is 8.25. The van der Waals surface area contributed by atoms with Crippen LogP contribution in [-0.4, -0.2) is 27.6 Å². The summed E-state index contributed by atoms with van der Waals surface area (Å²) in [5, 5.41) is 11.5. The van der Waals surface area contributed by atoms with Crippen LogP contribution >= 0.6 is 0 Å². The number of anilines is 1. The van der Waals surface area contributed by atoms with Crippen LogP contribution in [0.4, 0.5) is 6.01 Å². The largest absolute Gasteiger partial charge is 0.476 e. The Hall–Kier alpha value is -2.37. The van der Waals surface area contributed by atoms with Gasteiger partial charge in [0.05, 0.1) is 0 Å². The van der Waals surface area contributed by atoms with Gasteiger partial charge in [-0.2, -0.15) is 4.98 Å². The first kappa shape index (κ1) is 11.1. The fourth-order valence-corrected chi connectivity index (χ4v) is 1.30. The van der Waals surface area contributed by atoms with Gasteiger partial charge in [0.1, 0.15) is 6.26 Å². The molecule has 2 rings (SSSR count). The molecule has 88 valence electrons. The van der Waals surface area contributed by atoms with E-state index in [1.807, 2.05) is 18.2 Å². The molecule has 0 saturated heterocycles. The number of oxazole rings is 1. The predicted molar refractivity (Wildman–Crippen MR) is 59.9 cm³/mol. The van der Waals surface area contributed by atoms with Gasteiger partial charge >= 0.3 is 5.97 Å². The topological polar surface area (TPSA) is 88.2 Å². The number of hydrogen-bond donors (Lipinski definition) is 2. The molecule has 6 heteroatoms. The smallest absolute Gasteiger partial charge is 0.357 e. The van der Waals surface area contributed by atoms with Crippen molar-refractivity contribution in [3.8, 4) is 0 Å². The number of nitrogens with zero attached hydrogens (tertiary/aromatic N) is 2. The lowest BCUT2D eigenvalue weighted by atomic mass is 10.3. The molecule has 0 amide bonds. The van der Waals surface area contributed by atoms with E-state index >= 15 is 0 Å². The second kappa shape index (κ2) is 5.11. The number of pyridine rings is 1. The zero-order chi connectivity index (χ0) is 12.1. The highest BCUT2D eigenvalue weighted by Crippen LogP contribution is 2.07. The average Bonchev–Trinajstić information content (AvgIpc) is 2.79. The van der Waals surface area contributed by atoms with Crippen LogP contribution in [0, 0.1) is 0 Å². The fraction of sp³-hybridized carbons (Fsp3) is 0.182. The zero-order valence-corrected chi connectivity index (χ0v) is 8.96. The minimum absolute atomic E-state index is 0.106. The molecule has 0 aromatic carbocycles. The van der Waals surface area contributed by atoms with Crippen LogP contribution in [0.25, 0.3) is 0 Å². The summed E-state index contributed by atoms with van der Waals surface area (Å²) in [5.74, 6) is -1.11. The number of rotatable bonds is 5. The maximum atomic E-state index is 10.5. The van der Waals surface area contributed by atoms with Gasteiger partial charge in [0.25, 0.3) is 6.01 Å². The summed E-state index contributed by atoms with van der Waals surface area (Å²) in [5.41, 5.74) is 0.843.